The lowest BCUT2D eigenvalue weighted by molar-refractivity contribution is 0.687. The van der Waals surface area contributed by atoms with Crippen molar-refractivity contribution >= 4 is 24.0 Å². The van der Waals surface area contributed by atoms with Gasteiger partial charge in [-0.25, -0.2) is 0 Å². The number of hydrogen-bond acceptors (Lipinski definition) is 1. The van der Waals surface area contributed by atoms with Crippen LogP contribution in [0, 0.1) is 0 Å². The molecule has 3 aromatic carbocycles. The van der Waals surface area contributed by atoms with Crippen LogP contribution in [0.15, 0.2) is 78.9 Å². The maximum Gasteiger partial charge on any atom is 0.0406 e. The van der Waals surface area contributed by atoms with Gasteiger partial charge in [0, 0.05) is 11.6 Å². The Kier molecular flexibility index (Phi) is 7.33. The summed E-state index contributed by atoms with van der Waals surface area (Å²) in [7, 11) is 0. The minimum atomic E-state index is 0. The molecule has 24 heavy (non-hydrogen) atoms. The van der Waals surface area contributed by atoms with Crippen molar-refractivity contribution in [2.24, 2.45) is 0 Å². The summed E-state index contributed by atoms with van der Waals surface area (Å²) in [6.45, 7) is 1.85. The zero-order valence-corrected chi connectivity index (χ0v) is 15.0. The van der Waals surface area contributed by atoms with Crippen LogP contribution in [0.2, 0.25) is 5.02 Å². The van der Waals surface area contributed by atoms with Gasteiger partial charge in [0.2, 0.25) is 0 Å². The summed E-state index contributed by atoms with van der Waals surface area (Å²) < 4.78 is 0. The number of rotatable bonds is 6. The van der Waals surface area contributed by atoms with Crippen LogP contribution in [0.1, 0.15) is 11.1 Å². The summed E-state index contributed by atoms with van der Waals surface area (Å²) in [4.78, 5) is 0. The first-order valence-electron chi connectivity index (χ1n) is 7.91. The van der Waals surface area contributed by atoms with E-state index in [1.165, 1.54) is 22.3 Å². The van der Waals surface area contributed by atoms with Gasteiger partial charge in [0.25, 0.3) is 0 Å². The lowest BCUT2D eigenvalue weighted by Crippen LogP contribution is -2.16. The Bertz CT molecular complexity index is 722. The normalized spacial score (nSPS) is 10.2. The first-order chi connectivity index (χ1) is 11.3. The van der Waals surface area contributed by atoms with E-state index in [-0.39, 0.29) is 12.4 Å². The lowest BCUT2D eigenvalue weighted by atomic mass is 10.0. The summed E-state index contributed by atoms with van der Waals surface area (Å²) in [6.07, 6.45) is 1.01. The highest BCUT2D eigenvalue weighted by atomic mass is 35.5. The smallest absolute Gasteiger partial charge is 0.0406 e. The summed E-state index contributed by atoms with van der Waals surface area (Å²) in [5, 5.41) is 4.28. The van der Waals surface area contributed by atoms with Gasteiger partial charge in [-0.1, -0.05) is 78.3 Å². The molecule has 0 aliphatic carbocycles. The van der Waals surface area contributed by atoms with Crippen molar-refractivity contribution < 1.29 is 0 Å². The molecule has 3 aromatic rings. The van der Waals surface area contributed by atoms with Gasteiger partial charge in [-0.05, 0) is 47.4 Å². The van der Waals surface area contributed by atoms with Gasteiger partial charge < -0.3 is 5.32 Å². The first-order valence-corrected chi connectivity index (χ1v) is 8.28. The maximum absolute atomic E-state index is 5.89. The number of nitrogens with one attached hydrogen (secondary N) is 1. The van der Waals surface area contributed by atoms with Crippen molar-refractivity contribution in [2.45, 2.75) is 13.0 Å². The predicted octanol–water partition coefficient (Wildman–Crippen LogP) is 5.76. The molecule has 0 amide bonds. The molecule has 3 rings (SSSR count). The Hall–Kier alpha value is -1.80. The Balaban J connectivity index is 0.00000208. The van der Waals surface area contributed by atoms with E-state index in [0.29, 0.717) is 0 Å². The van der Waals surface area contributed by atoms with E-state index in [4.69, 9.17) is 11.6 Å². The Morgan fingerprint density at radius 2 is 1.25 bits per heavy atom. The van der Waals surface area contributed by atoms with E-state index in [1.54, 1.807) is 0 Å². The number of halogens is 2. The SMILES string of the molecule is Cl.Clc1ccc(CCNCc2ccc(-c3ccccc3)cc2)cc1. The second-order valence-electron chi connectivity index (χ2n) is 5.62. The van der Waals surface area contributed by atoms with Crippen LogP contribution in [-0.4, -0.2) is 6.54 Å². The molecule has 0 aromatic heterocycles. The van der Waals surface area contributed by atoms with Gasteiger partial charge in [-0.15, -0.1) is 12.4 Å². The highest BCUT2D eigenvalue weighted by Crippen LogP contribution is 2.19. The third-order valence-corrected chi connectivity index (χ3v) is 4.15. The third-order valence-electron chi connectivity index (χ3n) is 3.89. The van der Waals surface area contributed by atoms with Crippen LogP contribution in [0.5, 0.6) is 0 Å². The fraction of sp³-hybridized carbons (Fsp3) is 0.143. The summed E-state index contributed by atoms with van der Waals surface area (Å²) in [6, 6.07) is 27.3. The van der Waals surface area contributed by atoms with Crippen LogP contribution in [0.4, 0.5) is 0 Å². The largest absolute Gasteiger partial charge is 0.312 e. The molecule has 3 heteroatoms. The van der Waals surface area contributed by atoms with E-state index in [1.807, 2.05) is 18.2 Å². The molecule has 0 saturated heterocycles. The Labute approximate surface area is 155 Å². The number of benzene rings is 3. The van der Waals surface area contributed by atoms with E-state index in [9.17, 15) is 0 Å². The van der Waals surface area contributed by atoms with Crippen molar-refractivity contribution in [1.82, 2.24) is 5.32 Å². The summed E-state index contributed by atoms with van der Waals surface area (Å²) in [5.74, 6) is 0. The molecular weight excluding hydrogens is 337 g/mol. The van der Waals surface area contributed by atoms with Gasteiger partial charge in [0.15, 0.2) is 0 Å². The molecule has 0 aliphatic rings. The van der Waals surface area contributed by atoms with Crippen LogP contribution in [-0.2, 0) is 13.0 Å². The molecule has 0 saturated carbocycles. The molecule has 0 spiro atoms. The molecule has 0 atom stereocenters. The third kappa shape index (κ3) is 5.38. The highest BCUT2D eigenvalue weighted by molar-refractivity contribution is 6.30. The van der Waals surface area contributed by atoms with Crippen molar-refractivity contribution in [3.05, 3.63) is 95.0 Å². The van der Waals surface area contributed by atoms with Crippen molar-refractivity contribution in [2.75, 3.05) is 6.54 Å². The van der Waals surface area contributed by atoms with E-state index in [0.717, 1.165) is 24.5 Å². The summed E-state index contributed by atoms with van der Waals surface area (Å²) in [5.41, 5.74) is 5.13. The van der Waals surface area contributed by atoms with Crippen LogP contribution < -0.4 is 5.32 Å². The zero-order chi connectivity index (χ0) is 15.9. The second kappa shape index (κ2) is 9.48. The molecule has 0 heterocycles. The Morgan fingerprint density at radius 1 is 0.667 bits per heavy atom. The van der Waals surface area contributed by atoms with Crippen molar-refractivity contribution in [1.29, 1.82) is 0 Å². The Morgan fingerprint density at radius 3 is 1.92 bits per heavy atom. The molecule has 0 unspecified atom stereocenters. The van der Waals surface area contributed by atoms with Gasteiger partial charge in [-0.3, -0.25) is 0 Å². The molecular formula is C21H21Cl2N. The minimum Gasteiger partial charge on any atom is -0.312 e. The fourth-order valence-electron chi connectivity index (χ4n) is 2.56. The maximum atomic E-state index is 5.89. The quantitative estimate of drug-likeness (QED) is 0.552. The van der Waals surface area contributed by atoms with Gasteiger partial charge in [0.05, 0.1) is 0 Å². The average molecular weight is 358 g/mol. The second-order valence-corrected chi connectivity index (χ2v) is 6.05. The topological polar surface area (TPSA) is 12.0 Å². The molecule has 0 bridgehead atoms. The average Bonchev–Trinajstić information content (AvgIpc) is 2.62. The molecule has 0 radical (unpaired) electrons. The molecule has 0 aliphatic heterocycles. The van der Waals surface area contributed by atoms with Gasteiger partial charge >= 0.3 is 0 Å². The monoisotopic (exact) mass is 357 g/mol. The summed E-state index contributed by atoms with van der Waals surface area (Å²) >= 11 is 5.89. The van der Waals surface area contributed by atoms with Crippen molar-refractivity contribution in [3.8, 4) is 11.1 Å². The van der Waals surface area contributed by atoms with E-state index >= 15 is 0 Å². The molecule has 0 fully saturated rings. The standard InChI is InChI=1S/C21H20ClN.ClH/c22-21-12-8-17(9-13-21)14-15-23-16-18-6-10-20(11-7-18)19-4-2-1-3-5-19;/h1-13,23H,14-16H2;1H. The first kappa shape index (κ1) is 18.5. The van der Waals surface area contributed by atoms with Crippen LogP contribution >= 0.6 is 24.0 Å². The minimum absolute atomic E-state index is 0. The predicted molar refractivity (Wildman–Crippen MR) is 106 cm³/mol. The molecule has 124 valence electrons. The van der Waals surface area contributed by atoms with Crippen molar-refractivity contribution in [3.63, 3.8) is 0 Å². The van der Waals surface area contributed by atoms with Gasteiger partial charge in [-0.2, -0.15) is 0 Å². The number of hydrogen-bond donors (Lipinski definition) is 1. The molecule has 1 nitrogen and oxygen atoms in total. The van der Waals surface area contributed by atoms with E-state index < -0.39 is 0 Å². The van der Waals surface area contributed by atoms with Crippen LogP contribution in [0.3, 0.4) is 0 Å². The highest BCUT2D eigenvalue weighted by Gasteiger charge is 1.98. The molecule has 1 N–H and O–H groups in total. The van der Waals surface area contributed by atoms with Crippen LogP contribution in [0.25, 0.3) is 11.1 Å². The fourth-order valence-corrected chi connectivity index (χ4v) is 2.69. The van der Waals surface area contributed by atoms with Gasteiger partial charge in [0.1, 0.15) is 0 Å². The lowest BCUT2D eigenvalue weighted by Gasteiger charge is -2.07. The van der Waals surface area contributed by atoms with E-state index in [2.05, 4.69) is 66.0 Å². The zero-order valence-electron chi connectivity index (χ0n) is 13.4.